The van der Waals surface area contributed by atoms with E-state index in [9.17, 15) is 0 Å². The zero-order valence-electron chi connectivity index (χ0n) is 26.1. The van der Waals surface area contributed by atoms with Crippen molar-refractivity contribution in [1.29, 1.82) is 0 Å². The third kappa shape index (κ3) is 19.5. The molecule has 0 spiro atoms. The van der Waals surface area contributed by atoms with Gasteiger partial charge in [-0.15, -0.1) is 0 Å². The first-order valence-corrected chi connectivity index (χ1v) is 34.0. The quantitative estimate of drug-likeness (QED) is 0.0935. The molecule has 0 N–H and O–H groups in total. The van der Waals surface area contributed by atoms with Gasteiger partial charge in [0.05, 0.1) is 0 Å². The minimum Gasteiger partial charge on any atom is -0.417 e. The van der Waals surface area contributed by atoms with Crippen molar-refractivity contribution >= 4 is 70.4 Å². The van der Waals surface area contributed by atoms with Crippen molar-refractivity contribution in [3.05, 3.63) is 0 Å². The molecule has 14 heteroatoms. The van der Waals surface area contributed by atoms with Crippen LogP contribution in [-0.2, 0) is 24.7 Å². The van der Waals surface area contributed by atoms with Gasteiger partial charge in [-0.1, -0.05) is 38.5 Å². The fourth-order valence-corrected chi connectivity index (χ4v) is 30.7. The minimum absolute atomic E-state index is 0.842. The molecule has 0 aliphatic carbocycles. The Morgan fingerprint density at radius 2 is 0.611 bits per heavy atom. The molecule has 0 aromatic heterocycles. The number of unbranched alkanes of at least 4 members (excludes halogenated alkanes) is 5. The lowest BCUT2D eigenvalue weighted by Crippen LogP contribution is -2.54. The van der Waals surface area contributed by atoms with E-state index >= 15 is 0 Å². The van der Waals surface area contributed by atoms with E-state index in [0.717, 1.165) is 0 Å². The van der Waals surface area contributed by atoms with Crippen LogP contribution in [0.2, 0.25) is 104 Å². The number of hydrogen-bond donors (Lipinski definition) is 0. The van der Waals surface area contributed by atoms with Crippen LogP contribution >= 0.6 is 0 Å². The van der Waals surface area contributed by atoms with Crippen LogP contribution in [0.15, 0.2) is 0 Å². The first-order valence-electron chi connectivity index (χ1n) is 13.7. The van der Waals surface area contributed by atoms with Gasteiger partial charge in [-0.2, -0.15) is 0 Å². The molecule has 0 aliphatic rings. The van der Waals surface area contributed by atoms with Crippen molar-refractivity contribution in [2.24, 2.45) is 0 Å². The minimum atomic E-state index is -2.52. The summed E-state index contributed by atoms with van der Waals surface area (Å²) in [5, 5.41) is 0. The lowest BCUT2D eigenvalue weighted by atomic mass is 10.1. The van der Waals surface area contributed by atoms with Crippen LogP contribution in [0, 0.1) is 0 Å². The van der Waals surface area contributed by atoms with Crippen LogP contribution in [0.25, 0.3) is 0 Å². The normalized spacial score (nSPS) is 14.2. The van der Waals surface area contributed by atoms with E-state index in [0.29, 0.717) is 0 Å². The largest absolute Gasteiger partial charge is 0.466 e. The van der Waals surface area contributed by atoms with Gasteiger partial charge in [-0.25, -0.2) is 0 Å². The molecule has 0 aromatic rings. The van der Waals surface area contributed by atoms with Crippen LogP contribution in [0.5, 0.6) is 0 Å². The van der Waals surface area contributed by atoms with E-state index in [1.54, 1.807) is 0 Å². The number of hydrogen-bond acceptors (Lipinski definition) is 6. The molecule has 0 unspecified atom stereocenters. The molecule has 0 saturated carbocycles. The standard InChI is InChI=1S/C22H58O6Si8/c1-29(2)23-35(13,24-30(3)4)27-33(9,10)21-19-17-15-16-18-20-22-34(11,12)28-36(14,25-31(5)6)26-32(7)8/h15-22H2,1-14H3. The summed E-state index contributed by atoms with van der Waals surface area (Å²) in [5.74, 6) is 0. The second-order valence-electron chi connectivity index (χ2n) is 12.1. The van der Waals surface area contributed by atoms with E-state index in [1.165, 1.54) is 50.6 Å². The highest BCUT2D eigenvalue weighted by Crippen LogP contribution is 2.26. The Morgan fingerprint density at radius 3 is 0.833 bits per heavy atom. The van der Waals surface area contributed by atoms with Crippen LogP contribution in [0.1, 0.15) is 38.5 Å². The Labute approximate surface area is 236 Å². The van der Waals surface area contributed by atoms with Gasteiger partial charge in [0.25, 0.3) is 0 Å². The molecule has 0 amide bonds. The van der Waals surface area contributed by atoms with Gasteiger partial charge in [0, 0.05) is 13.1 Å². The van der Waals surface area contributed by atoms with E-state index in [1.807, 2.05) is 0 Å². The first-order chi connectivity index (χ1) is 16.3. The summed E-state index contributed by atoms with van der Waals surface area (Å²) in [5.41, 5.74) is 0. The Hall–Kier alpha value is 1.50. The van der Waals surface area contributed by atoms with Crippen molar-refractivity contribution in [1.82, 2.24) is 0 Å². The predicted octanol–water partition coefficient (Wildman–Crippen LogP) is 7.98. The molecule has 0 aliphatic heterocycles. The molecule has 214 valence electrons. The summed E-state index contributed by atoms with van der Waals surface area (Å²) in [6.45, 7) is 30.9. The smallest absolute Gasteiger partial charge is 0.417 e. The Kier molecular flexibility index (Phi) is 18.1. The molecule has 0 aromatic carbocycles. The van der Waals surface area contributed by atoms with Crippen LogP contribution in [0.4, 0.5) is 0 Å². The van der Waals surface area contributed by atoms with Crippen molar-refractivity contribution in [2.75, 3.05) is 0 Å². The first kappa shape index (κ1) is 37.5. The van der Waals surface area contributed by atoms with Crippen LogP contribution in [-0.4, -0.2) is 70.4 Å². The van der Waals surface area contributed by atoms with Crippen molar-refractivity contribution in [3.63, 3.8) is 0 Å². The average Bonchev–Trinajstić information content (AvgIpc) is 2.58. The monoisotopic (exact) mass is 642 g/mol. The predicted molar refractivity (Wildman–Crippen MR) is 172 cm³/mol. The lowest BCUT2D eigenvalue weighted by molar-refractivity contribution is 0.269. The fraction of sp³-hybridized carbons (Fsp3) is 1.00. The van der Waals surface area contributed by atoms with Gasteiger partial charge in [-0.3, -0.25) is 0 Å². The molecule has 0 bridgehead atoms. The van der Waals surface area contributed by atoms with Gasteiger partial charge < -0.3 is 24.7 Å². The molecular weight excluding hydrogens is 585 g/mol. The lowest BCUT2D eigenvalue weighted by Gasteiger charge is -2.37. The molecule has 6 nitrogen and oxygen atoms in total. The third-order valence-corrected chi connectivity index (χ3v) is 28.3. The Morgan fingerprint density at radius 1 is 0.389 bits per heavy atom. The summed E-state index contributed by atoms with van der Waals surface area (Å²) < 4.78 is 38.5. The zero-order chi connectivity index (χ0) is 28.2. The zero-order valence-corrected chi connectivity index (χ0v) is 34.1. The summed E-state index contributed by atoms with van der Waals surface area (Å²) in [6, 6.07) is 2.36. The number of rotatable bonds is 21. The fourth-order valence-electron chi connectivity index (χ4n) is 4.52. The van der Waals surface area contributed by atoms with Gasteiger partial charge in [0.2, 0.25) is 0 Å². The molecule has 36 heavy (non-hydrogen) atoms. The van der Waals surface area contributed by atoms with Gasteiger partial charge in [-0.05, 0) is 90.7 Å². The highest BCUT2D eigenvalue weighted by atomic mass is 28.5. The maximum atomic E-state index is 6.68. The van der Waals surface area contributed by atoms with E-state index < -0.39 is 70.4 Å². The van der Waals surface area contributed by atoms with Gasteiger partial charge in [0.1, 0.15) is 0 Å². The van der Waals surface area contributed by atoms with Crippen molar-refractivity contribution < 1.29 is 24.7 Å². The molecule has 0 saturated heterocycles. The van der Waals surface area contributed by atoms with E-state index in [4.69, 9.17) is 24.7 Å². The highest BCUT2D eigenvalue weighted by molar-refractivity contribution is 6.85. The van der Waals surface area contributed by atoms with Crippen molar-refractivity contribution in [3.8, 4) is 0 Å². The Bertz CT molecular complexity index is 523. The van der Waals surface area contributed by atoms with Gasteiger partial charge in [0.15, 0.2) is 52.8 Å². The highest BCUT2D eigenvalue weighted by Gasteiger charge is 2.43. The second-order valence-corrected chi connectivity index (χ2v) is 35.8. The maximum absolute atomic E-state index is 6.68. The molecular formula is C22H58O6Si8. The third-order valence-electron chi connectivity index (χ3n) is 5.29. The van der Waals surface area contributed by atoms with E-state index in [-0.39, 0.29) is 0 Å². The summed E-state index contributed by atoms with van der Waals surface area (Å²) >= 11 is 0. The molecule has 0 heterocycles. The van der Waals surface area contributed by atoms with Crippen LogP contribution < -0.4 is 0 Å². The molecule has 0 fully saturated rings. The molecule has 0 atom stereocenters. The van der Waals surface area contributed by atoms with Crippen molar-refractivity contribution in [2.45, 2.75) is 142 Å². The Balaban J connectivity index is 4.39. The molecule has 4 radical (unpaired) electrons. The summed E-state index contributed by atoms with van der Waals surface area (Å²) in [7, 11) is -12.0. The second kappa shape index (κ2) is 17.3. The molecule has 0 rings (SSSR count). The van der Waals surface area contributed by atoms with Gasteiger partial charge >= 0.3 is 17.6 Å². The van der Waals surface area contributed by atoms with Crippen LogP contribution in [0.3, 0.4) is 0 Å². The maximum Gasteiger partial charge on any atom is 0.466 e. The topological polar surface area (TPSA) is 55.4 Å². The average molecular weight is 643 g/mol. The van der Waals surface area contributed by atoms with E-state index in [2.05, 4.69) is 91.7 Å². The SMILES string of the molecule is C[Si](C)O[Si](C)(O[Si](C)C)O[Si](C)(C)CCCCCCCC[Si](C)(C)O[Si](C)(O[Si](C)C)O[Si](C)C. The summed E-state index contributed by atoms with van der Waals surface area (Å²) in [6.07, 6.45) is 7.66. The summed E-state index contributed by atoms with van der Waals surface area (Å²) in [4.78, 5) is 0.